The normalized spacial score (nSPS) is 12.5. The molecule has 0 saturated heterocycles. The van der Waals surface area contributed by atoms with Gasteiger partial charge in [-0.3, -0.25) is 0 Å². The van der Waals surface area contributed by atoms with E-state index < -0.39 is 0 Å². The van der Waals surface area contributed by atoms with Gasteiger partial charge in [0.15, 0.2) is 0 Å². The molecule has 2 nitrogen and oxygen atoms in total. The van der Waals surface area contributed by atoms with Gasteiger partial charge in [0.25, 0.3) is 0 Å². The molecule has 1 aromatic rings. The maximum atomic E-state index is 5.56. The molecule has 1 aromatic carbocycles. The molecular formula is C13H22N2. The summed E-state index contributed by atoms with van der Waals surface area (Å²) in [5.41, 5.74) is 8.03. The average molecular weight is 206 g/mol. The molecule has 84 valence electrons. The van der Waals surface area contributed by atoms with E-state index in [1.54, 1.807) is 0 Å². The van der Waals surface area contributed by atoms with Crippen molar-refractivity contribution in [2.45, 2.75) is 26.8 Å². The van der Waals surface area contributed by atoms with Crippen LogP contribution in [-0.4, -0.2) is 13.6 Å². The summed E-state index contributed by atoms with van der Waals surface area (Å²) >= 11 is 0. The van der Waals surface area contributed by atoms with Crippen LogP contribution in [-0.2, 0) is 6.54 Å². The van der Waals surface area contributed by atoms with Gasteiger partial charge in [-0.15, -0.1) is 0 Å². The molecule has 0 aliphatic rings. The van der Waals surface area contributed by atoms with Crippen molar-refractivity contribution in [2.24, 2.45) is 11.7 Å². The van der Waals surface area contributed by atoms with Crippen LogP contribution in [0.3, 0.4) is 0 Å². The molecule has 0 aromatic heterocycles. The first-order valence-corrected chi connectivity index (χ1v) is 5.67. The third-order valence-electron chi connectivity index (χ3n) is 2.90. The van der Waals surface area contributed by atoms with Crippen molar-refractivity contribution in [3.63, 3.8) is 0 Å². The number of nitrogens with two attached hydrogens (primary N) is 1. The summed E-state index contributed by atoms with van der Waals surface area (Å²) in [7, 11) is 2.14. The zero-order valence-electron chi connectivity index (χ0n) is 10.0. The molecule has 2 heteroatoms. The number of hydrogen-bond donors (Lipinski definition) is 1. The molecule has 1 rings (SSSR count). The summed E-state index contributed by atoms with van der Waals surface area (Å²) < 4.78 is 0. The fourth-order valence-electron chi connectivity index (χ4n) is 1.59. The molecule has 0 fully saturated rings. The second-order valence-electron chi connectivity index (χ2n) is 4.26. The first-order valence-electron chi connectivity index (χ1n) is 5.67. The molecule has 0 aliphatic carbocycles. The fourth-order valence-corrected chi connectivity index (χ4v) is 1.59. The van der Waals surface area contributed by atoms with E-state index in [1.165, 1.54) is 17.7 Å². The Hall–Kier alpha value is -1.02. The molecule has 0 aliphatic heterocycles. The van der Waals surface area contributed by atoms with Crippen LogP contribution in [0.2, 0.25) is 0 Å². The van der Waals surface area contributed by atoms with Crippen molar-refractivity contribution in [2.75, 3.05) is 18.5 Å². The molecule has 2 N–H and O–H groups in total. The van der Waals surface area contributed by atoms with Crippen LogP contribution in [0.1, 0.15) is 25.8 Å². The first-order chi connectivity index (χ1) is 7.17. The van der Waals surface area contributed by atoms with Crippen LogP contribution in [0.25, 0.3) is 0 Å². The largest absolute Gasteiger partial charge is 0.374 e. The Balaban J connectivity index is 2.61. The van der Waals surface area contributed by atoms with Gasteiger partial charge in [-0.1, -0.05) is 32.4 Å². The van der Waals surface area contributed by atoms with Crippen molar-refractivity contribution in [3.05, 3.63) is 29.8 Å². The maximum Gasteiger partial charge on any atom is 0.0363 e. The molecule has 0 bridgehead atoms. The van der Waals surface area contributed by atoms with E-state index in [2.05, 4.69) is 50.1 Å². The molecule has 0 heterocycles. The Labute approximate surface area is 93.1 Å². The highest BCUT2D eigenvalue weighted by Gasteiger charge is 2.04. The Kier molecular flexibility index (Phi) is 4.63. The van der Waals surface area contributed by atoms with E-state index in [4.69, 9.17) is 5.73 Å². The minimum atomic E-state index is 0.620. The van der Waals surface area contributed by atoms with E-state index in [0.29, 0.717) is 6.54 Å². The zero-order valence-corrected chi connectivity index (χ0v) is 10.0. The predicted octanol–water partition coefficient (Wildman–Crippen LogP) is 2.63. The lowest BCUT2D eigenvalue weighted by Crippen LogP contribution is -2.23. The van der Waals surface area contributed by atoms with Crippen LogP contribution < -0.4 is 10.6 Å². The van der Waals surface area contributed by atoms with E-state index in [0.717, 1.165) is 12.5 Å². The Morgan fingerprint density at radius 3 is 2.33 bits per heavy atom. The van der Waals surface area contributed by atoms with Crippen molar-refractivity contribution in [1.82, 2.24) is 0 Å². The second kappa shape index (κ2) is 5.76. The van der Waals surface area contributed by atoms with E-state index in [-0.39, 0.29) is 0 Å². The number of hydrogen-bond acceptors (Lipinski definition) is 2. The lowest BCUT2D eigenvalue weighted by molar-refractivity contribution is 0.560. The lowest BCUT2D eigenvalue weighted by atomic mass is 10.1. The third kappa shape index (κ3) is 3.56. The monoisotopic (exact) mass is 206 g/mol. The molecule has 1 atom stereocenters. The summed E-state index contributed by atoms with van der Waals surface area (Å²) in [6.45, 7) is 6.24. The van der Waals surface area contributed by atoms with Gasteiger partial charge in [-0.25, -0.2) is 0 Å². The van der Waals surface area contributed by atoms with Gasteiger partial charge in [-0.05, 0) is 23.6 Å². The van der Waals surface area contributed by atoms with Gasteiger partial charge in [0.2, 0.25) is 0 Å². The number of nitrogens with zero attached hydrogens (tertiary/aromatic N) is 1. The zero-order chi connectivity index (χ0) is 11.3. The van der Waals surface area contributed by atoms with Gasteiger partial charge in [0, 0.05) is 25.8 Å². The van der Waals surface area contributed by atoms with E-state index in [9.17, 15) is 0 Å². The van der Waals surface area contributed by atoms with Gasteiger partial charge in [-0.2, -0.15) is 0 Å². The summed E-state index contributed by atoms with van der Waals surface area (Å²) in [5, 5.41) is 0. The number of rotatable bonds is 5. The molecule has 0 amide bonds. The van der Waals surface area contributed by atoms with Crippen molar-refractivity contribution in [1.29, 1.82) is 0 Å². The van der Waals surface area contributed by atoms with Gasteiger partial charge in [0.1, 0.15) is 0 Å². The van der Waals surface area contributed by atoms with Crippen molar-refractivity contribution < 1.29 is 0 Å². The smallest absolute Gasteiger partial charge is 0.0363 e. The quantitative estimate of drug-likeness (QED) is 0.802. The summed E-state index contributed by atoms with van der Waals surface area (Å²) in [6, 6.07) is 8.49. The predicted molar refractivity (Wildman–Crippen MR) is 67.1 cm³/mol. The second-order valence-corrected chi connectivity index (χ2v) is 4.26. The van der Waals surface area contributed by atoms with Gasteiger partial charge in [0.05, 0.1) is 0 Å². The fraction of sp³-hybridized carbons (Fsp3) is 0.538. The summed E-state index contributed by atoms with van der Waals surface area (Å²) in [5.74, 6) is 0.740. The minimum Gasteiger partial charge on any atom is -0.374 e. The minimum absolute atomic E-state index is 0.620. The summed E-state index contributed by atoms with van der Waals surface area (Å²) in [6.07, 6.45) is 1.23. The molecular weight excluding hydrogens is 184 g/mol. The Bertz CT molecular complexity index is 279. The van der Waals surface area contributed by atoms with Crippen LogP contribution >= 0.6 is 0 Å². The molecule has 0 radical (unpaired) electrons. The molecule has 0 saturated carbocycles. The van der Waals surface area contributed by atoms with E-state index in [1.807, 2.05) is 0 Å². The Morgan fingerprint density at radius 1 is 1.27 bits per heavy atom. The van der Waals surface area contributed by atoms with Gasteiger partial charge >= 0.3 is 0 Å². The first kappa shape index (κ1) is 12.1. The number of benzene rings is 1. The maximum absolute atomic E-state index is 5.56. The van der Waals surface area contributed by atoms with E-state index >= 15 is 0 Å². The molecule has 15 heavy (non-hydrogen) atoms. The highest BCUT2D eigenvalue weighted by molar-refractivity contribution is 5.46. The summed E-state index contributed by atoms with van der Waals surface area (Å²) in [4.78, 5) is 2.30. The lowest BCUT2D eigenvalue weighted by Gasteiger charge is -2.22. The molecule has 1 unspecified atom stereocenters. The Morgan fingerprint density at radius 2 is 1.87 bits per heavy atom. The highest BCUT2D eigenvalue weighted by atomic mass is 15.1. The van der Waals surface area contributed by atoms with Crippen molar-refractivity contribution >= 4 is 5.69 Å². The standard InChI is InChI=1S/C13H22N2/c1-4-11(2)10-15(3)13-7-5-12(9-14)6-8-13/h5-8,11H,4,9-10,14H2,1-3H3. The average Bonchev–Trinajstić information content (AvgIpc) is 2.29. The van der Waals surface area contributed by atoms with Crippen LogP contribution in [0.15, 0.2) is 24.3 Å². The SMILES string of the molecule is CCC(C)CN(C)c1ccc(CN)cc1. The molecule has 0 spiro atoms. The topological polar surface area (TPSA) is 29.3 Å². The van der Waals surface area contributed by atoms with Crippen LogP contribution in [0.5, 0.6) is 0 Å². The highest BCUT2D eigenvalue weighted by Crippen LogP contribution is 2.15. The van der Waals surface area contributed by atoms with Crippen LogP contribution in [0.4, 0.5) is 5.69 Å². The van der Waals surface area contributed by atoms with Gasteiger partial charge < -0.3 is 10.6 Å². The van der Waals surface area contributed by atoms with Crippen molar-refractivity contribution in [3.8, 4) is 0 Å². The third-order valence-corrected chi connectivity index (χ3v) is 2.90. The van der Waals surface area contributed by atoms with Crippen LogP contribution in [0, 0.1) is 5.92 Å². The number of anilines is 1.